The number of nitrogens with zero attached hydrogens (tertiary/aromatic N) is 3. The fourth-order valence-electron chi connectivity index (χ4n) is 4.46. The molecule has 7 heteroatoms. The molecule has 0 atom stereocenters. The Morgan fingerprint density at radius 1 is 1.15 bits per heavy atom. The number of ether oxygens (including phenoxy) is 1. The third kappa shape index (κ3) is 3.38. The fourth-order valence-corrected chi connectivity index (χ4v) is 6.10. The molecule has 0 bridgehead atoms. The van der Waals surface area contributed by atoms with Crippen molar-refractivity contribution in [1.29, 1.82) is 0 Å². The smallest absolute Gasteiger partial charge is 0.243 e. The summed E-state index contributed by atoms with van der Waals surface area (Å²) in [4.78, 5) is 0.322. The Hall–Kier alpha value is -1.86. The summed E-state index contributed by atoms with van der Waals surface area (Å²) >= 11 is 0. The number of benzene rings is 1. The molecule has 1 saturated carbocycles. The van der Waals surface area contributed by atoms with E-state index < -0.39 is 10.0 Å². The summed E-state index contributed by atoms with van der Waals surface area (Å²) in [6, 6.07) is 6.74. The van der Waals surface area contributed by atoms with Gasteiger partial charge in [-0.05, 0) is 61.9 Å². The van der Waals surface area contributed by atoms with E-state index in [9.17, 15) is 8.42 Å². The van der Waals surface area contributed by atoms with Crippen LogP contribution in [0.25, 0.3) is 0 Å². The summed E-state index contributed by atoms with van der Waals surface area (Å²) in [7, 11) is -0.0441. The van der Waals surface area contributed by atoms with Gasteiger partial charge in [-0.1, -0.05) is 12.8 Å². The zero-order valence-electron chi connectivity index (χ0n) is 16.0. The first-order valence-corrected chi connectivity index (χ1v) is 11.1. The van der Waals surface area contributed by atoms with E-state index in [-0.39, 0.29) is 6.04 Å². The van der Waals surface area contributed by atoms with Crippen LogP contribution >= 0.6 is 0 Å². The van der Waals surface area contributed by atoms with Crippen molar-refractivity contribution < 1.29 is 13.2 Å². The number of sulfonamides is 1. The summed E-state index contributed by atoms with van der Waals surface area (Å²) in [6.45, 7) is 0.363. The summed E-state index contributed by atoms with van der Waals surface area (Å²) in [5, 5.41) is 4.67. The maximum atomic E-state index is 13.5. The molecule has 0 radical (unpaired) electrons. The molecule has 0 aliphatic heterocycles. The highest BCUT2D eigenvalue weighted by Gasteiger charge is 2.35. The van der Waals surface area contributed by atoms with Gasteiger partial charge in [0.2, 0.25) is 10.0 Å². The molecule has 1 aromatic heterocycles. The lowest BCUT2D eigenvalue weighted by atomic mass is 10.2. The van der Waals surface area contributed by atoms with Crippen molar-refractivity contribution in [2.75, 3.05) is 7.11 Å². The van der Waals surface area contributed by atoms with Gasteiger partial charge in [0.1, 0.15) is 5.75 Å². The minimum Gasteiger partial charge on any atom is -0.497 e. The number of rotatable bonds is 6. The molecule has 1 fully saturated rings. The molecule has 0 amide bonds. The van der Waals surface area contributed by atoms with Crippen LogP contribution < -0.4 is 4.74 Å². The van der Waals surface area contributed by atoms with Crippen LogP contribution in [-0.2, 0) is 36.5 Å². The Bertz CT molecular complexity index is 913. The topological polar surface area (TPSA) is 64.4 Å². The molecule has 1 heterocycles. The average molecular weight is 390 g/mol. The Balaban J connectivity index is 1.69. The third-order valence-corrected chi connectivity index (χ3v) is 7.81. The van der Waals surface area contributed by atoms with Crippen molar-refractivity contribution in [1.82, 2.24) is 14.1 Å². The van der Waals surface area contributed by atoms with E-state index in [1.54, 1.807) is 35.7 Å². The lowest BCUT2D eigenvalue weighted by molar-refractivity contribution is 0.311. The predicted molar refractivity (Wildman–Crippen MR) is 103 cm³/mol. The zero-order valence-corrected chi connectivity index (χ0v) is 16.8. The molecule has 0 unspecified atom stereocenters. The molecule has 2 aliphatic rings. The molecule has 0 spiro atoms. The van der Waals surface area contributed by atoms with Gasteiger partial charge in [-0.25, -0.2) is 8.42 Å². The Labute approximate surface area is 161 Å². The van der Waals surface area contributed by atoms with Gasteiger partial charge in [-0.3, -0.25) is 4.68 Å². The van der Waals surface area contributed by atoms with Crippen molar-refractivity contribution in [3.8, 4) is 5.75 Å². The van der Waals surface area contributed by atoms with Gasteiger partial charge in [-0.2, -0.15) is 9.40 Å². The molecule has 6 nitrogen and oxygen atoms in total. The standard InChI is InChI=1S/C20H27N3O3S/c1-22-20-9-5-8-18(20)19(21-22)14-23(15-6-3-4-7-15)27(24,25)17-12-10-16(26-2)11-13-17/h10-13,15H,3-9,14H2,1-2H3. The van der Waals surface area contributed by atoms with Crippen molar-refractivity contribution in [2.45, 2.75) is 62.4 Å². The highest BCUT2D eigenvalue weighted by molar-refractivity contribution is 7.89. The van der Waals surface area contributed by atoms with Crippen LogP contribution in [0, 0.1) is 0 Å². The van der Waals surface area contributed by atoms with Gasteiger partial charge in [0.05, 0.1) is 24.2 Å². The Morgan fingerprint density at radius 2 is 1.85 bits per heavy atom. The van der Waals surface area contributed by atoms with Crippen molar-refractivity contribution in [3.05, 3.63) is 41.2 Å². The fraction of sp³-hybridized carbons (Fsp3) is 0.550. The number of aromatic nitrogens is 2. The summed E-state index contributed by atoms with van der Waals surface area (Å²) in [5.74, 6) is 0.656. The minimum atomic E-state index is -3.59. The molecule has 146 valence electrons. The molecule has 1 aromatic carbocycles. The second-order valence-electron chi connectivity index (χ2n) is 7.51. The van der Waals surface area contributed by atoms with Crippen LogP contribution in [0.3, 0.4) is 0 Å². The maximum Gasteiger partial charge on any atom is 0.243 e. The first-order valence-electron chi connectivity index (χ1n) is 9.70. The normalized spacial score (nSPS) is 17.6. The number of methoxy groups -OCH3 is 1. The van der Waals surface area contributed by atoms with Gasteiger partial charge in [0.15, 0.2) is 0 Å². The third-order valence-electron chi connectivity index (χ3n) is 5.90. The number of hydrogen-bond donors (Lipinski definition) is 0. The van der Waals surface area contributed by atoms with Crippen LogP contribution in [0.2, 0.25) is 0 Å². The lowest BCUT2D eigenvalue weighted by Gasteiger charge is -2.28. The highest BCUT2D eigenvalue weighted by Crippen LogP contribution is 2.33. The highest BCUT2D eigenvalue weighted by atomic mass is 32.2. The maximum absolute atomic E-state index is 13.5. The number of hydrogen-bond acceptors (Lipinski definition) is 4. The Kier molecular flexibility index (Phi) is 4.99. The second-order valence-corrected chi connectivity index (χ2v) is 9.40. The van der Waals surface area contributed by atoms with E-state index in [1.807, 2.05) is 11.7 Å². The van der Waals surface area contributed by atoms with E-state index in [0.717, 1.165) is 50.6 Å². The van der Waals surface area contributed by atoms with Crippen LogP contribution in [0.1, 0.15) is 49.1 Å². The molecular formula is C20H27N3O3S. The van der Waals surface area contributed by atoms with E-state index in [2.05, 4.69) is 5.10 Å². The molecule has 2 aromatic rings. The molecule has 0 N–H and O–H groups in total. The average Bonchev–Trinajstić information content (AvgIpc) is 3.40. The van der Waals surface area contributed by atoms with E-state index in [4.69, 9.17) is 4.74 Å². The minimum absolute atomic E-state index is 0.0520. The van der Waals surface area contributed by atoms with E-state index >= 15 is 0 Å². The molecule has 0 saturated heterocycles. The monoisotopic (exact) mass is 389 g/mol. The van der Waals surface area contributed by atoms with Gasteiger partial charge in [-0.15, -0.1) is 0 Å². The molecule has 4 rings (SSSR count). The summed E-state index contributed by atoms with van der Waals surface area (Å²) in [6.07, 6.45) is 7.17. The Morgan fingerprint density at radius 3 is 2.52 bits per heavy atom. The van der Waals surface area contributed by atoms with E-state index in [0.29, 0.717) is 17.2 Å². The van der Waals surface area contributed by atoms with Crippen LogP contribution in [0.15, 0.2) is 29.2 Å². The van der Waals surface area contributed by atoms with Crippen molar-refractivity contribution in [3.63, 3.8) is 0 Å². The largest absolute Gasteiger partial charge is 0.497 e. The van der Waals surface area contributed by atoms with Gasteiger partial charge >= 0.3 is 0 Å². The quantitative estimate of drug-likeness (QED) is 0.762. The molecule has 27 heavy (non-hydrogen) atoms. The first kappa shape index (κ1) is 18.5. The van der Waals surface area contributed by atoms with Gasteiger partial charge in [0, 0.05) is 18.8 Å². The SMILES string of the molecule is COc1ccc(S(=O)(=O)N(Cc2nn(C)c3c2CCC3)C2CCCC2)cc1. The summed E-state index contributed by atoms with van der Waals surface area (Å²) in [5.41, 5.74) is 3.44. The van der Waals surface area contributed by atoms with Crippen LogP contribution in [-0.4, -0.2) is 35.7 Å². The van der Waals surface area contributed by atoms with Gasteiger partial charge in [0.25, 0.3) is 0 Å². The summed E-state index contributed by atoms with van der Waals surface area (Å²) < 4.78 is 35.8. The second kappa shape index (κ2) is 7.28. The lowest BCUT2D eigenvalue weighted by Crippen LogP contribution is -2.38. The van der Waals surface area contributed by atoms with Gasteiger partial charge < -0.3 is 4.74 Å². The zero-order chi connectivity index (χ0) is 19.0. The number of aryl methyl sites for hydroxylation is 1. The molecule has 2 aliphatic carbocycles. The van der Waals surface area contributed by atoms with E-state index in [1.165, 1.54) is 11.3 Å². The van der Waals surface area contributed by atoms with Crippen LogP contribution in [0.4, 0.5) is 0 Å². The predicted octanol–water partition coefficient (Wildman–Crippen LogP) is 3.05. The molecular weight excluding hydrogens is 362 g/mol. The first-order chi connectivity index (χ1) is 13.0. The van der Waals surface area contributed by atoms with Crippen molar-refractivity contribution in [2.24, 2.45) is 7.05 Å². The number of fused-ring (bicyclic) bond motifs is 1. The van der Waals surface area contributed by atoms with Crippen molar-refractivity contribution >= 4 is 10.0 Å². The van der Waals surface area contributed by atoms with Crippen LogP contribution in [0.5, 0.6) is 5.75 Å².